The van der Waals surface area contributed by atoms with Gasteiger partial charge in [-0.1, -0.05) is 12.1 Å². The van der Waals surface area contributed by atoms with Crippen LogP contribution in [0.2, 0.25) is 0 Å². The van der Waals surface area contributed by atoms with Crippen molar-refractivity contribution in [2.24, 2.45) is 0 Å². The van der Waals surface area contributed by atoms with Gasteiger partial charge in [0.1, 0.15) is 11.1 Å². The molecule has 0 radical (unpaired) electrons. The Morgan fingerprint density at radius 2 is 1.96 bits per heavy atom. The third kappa shape index (κ3) is 2.89. The van der Waals surface area contributed by atoms with Crippen LogP contribution in [0.3, 0.4) is 0 Å². The molecule has 1 atom stereocenters. The number of aromatic nitrogens is 2. The Bertz CT molecular complexity index is 857. The summed E-state index contributed by atoms with van der Waals surface area (Å²) in [6, 6.07) is 7.72. The molecule has 1 fully saturated rings. The minimum absolute atomic E-state index is 0.232. The molecule has 3 aromatic rings. The van der Waals surface area contributed by atoms with Gasteiger partial charge in [0.15, 0.2) is 23.4 Å². The molecule has 1 saturated heterocycles. The van der Waals surface area contributed by atoms with Crippen molar-refractivity contribution in [3.63, 3.8) is 0 Å². The van der Waals surface area contributed by atoms with Crippen molar-refractivity contribution in [2.75, 3.05) is 18.0 Å². The van der Waals surface area contributed by atoms with Crippen molar-refractivity contribution in [3.05, 3.63) is 30.1 Å². The van der Waals surface area contributed by atoms with Crippen LogP contribution in [-0.2, 0) is 4.79 Å². The zero-order chi connectivity index (χ0) is 17.1. The third-order valence-electron chi connectivity index (χ3n) is 3.98. The van der Waals surface area contributed by atoms with Crippen molar-refractivity contribution < 1.29 is 18.7 Å². The van der Waals surface area contributed by atoms with E-state index < -0.39 is 6.17 Å². The molecule has 126 valence electrons. The lowest BCUT2D eigenvalue weighted by atomic mass is 10.2. The fraction of sp³-hybridized carbons (Fsp3) is 0.353. The first-order valence-corrected chi connectivity index (χ1v) is 7.81. The van der Waals surface area contributed by atoms with Crippen molar-refractivity contribution in [1.29, 1.82) is 0 Å². The van der Waals surface area contributed by atoms with Crippen molar-refractivity contribution in [2.45, 2.75) is 25.9 Å². The van der Waals surface area contributed by atoms with E-state index in [0.717, 1.165) is 42.7 Å². The lowest BCUT2D eigenvalue weighted by Crippen LogP contribution is -2.20. The van der Waals surface area contributed by atoms with Crippen molar-refractivity contribution in [3.8, 4) is 0 Å². The molecular formula is C17H18FN3O3. The summed E-state index contributed by atoms with van der Waals surface area (Å²) in [5.41, 5.74) is 2.15. The van der Waals surface area contributed by atoms with Crippen molar-refractivity contribution in [1.82, 2.24) is 9.97 Å². The topological polar surface area (TPSA) is 79.5 Å². The van der Waals surface area contributed by atoms with Gasteiger partial charge in [-0.2, -0.15) is 0 Å². The molecule has 1 unspecified atom stereocenters. The largest absolute Gasteiger partial charge is 0.483 e. The van der Waals surface area contributed by atoms with E-state index in [9.17, 15) is 4.39 Å². The molecule has 1 aliphatic rings. The molecule has 0 amide bonds. The van der Waals surface area contributed by atoms with Gasteiger partial charge in [0.2, 0.25) is 0 Å². The Labute approximate surface area is 137 Å². The summed E-state index contributed by atoms with van der Waals surface area (Å²) < 4.78 is 19.7. The van der Waals surface area contributed by atoms with E-state index in [4.69, 9.17) is 14.3 Å². The zero-order valence-corrected chi connectivity index (χ0v) is 13.3. The Morgan fingerprint density at radius 3 is 2.62 bits per heavy atom. The number of nitrogens with zero attached hydrogens (tertiary/aromatic N) is 3. The van der Waals surface area contributed by atoms with Crippen LogP contribution >= 0.6 is 0 Å². The number of furan rings is 1. The van der Waals surface area contributed by atoms with Crippen molar-refractivity contribution >= 4 is 34.4 Å². The molecule has 0 spiro atoms. The van der Waals surface area contributed by atoms with Gasteiger partial charge in [0.25, 0.3) is 6.47 Å². The second kappa shape index (κ2) is 6.82. The van der Waals surface area contributed by atoms with Crippen LogP contribution in [0.15, 0.2) is 28.7 Å². The fourth-order valence-electron chi connectivity index (χ4n) is 2.91. The maximum absolute atomic E-state index is 13.8. The minimum atomic E-state index is -1.19. The van der Waals surface area contributed by atoms with Gasteiger partial charge in [-0.3, -0.25) is 4.79 Å². The molecule has 0 saturated carbocycles. The molecule has 1 aromatic carbocycles. The molecule has 1 aliphatic heterocycles. The van der Waals surface area contributed by atoms with Crippen LogP contribution in [0.1, 0.15) is 31.8 Å². The third-order valence-corrected chi connectivity index (χ3v) is 3.98. The minimum Gasteiger partial charge on any atom is -0.483 e. The summed E-state index contributed by atoms with van der Waals surface area (Å²) in [4.78, 5) is 19.3. The van der Waals surface area contributed by atoms with Crippen LogP contribution < -0.4 is 4.90 Å². The van der Waals surface area contributed by atoms with Gasteiger partial charge in [-0.05, 0) is 31.9 Å². The molecule has 4 rings (SSSR count). The SMILES string of the molecule is CC(F)c1nc(N2CCCC2)c2oc3ccccc3c2n1.O=CO. The van der Waals surface area contributed by atoms with E-state index in [1.807, 2.05) is 24.3 Å². The van der Waals surface area contributed by atoms with Gasteiger partial charge in [0.05, 0.1) is 0 Å². The highest BCUT2D eigenvalue weighted by Gasteiger charge is 2.23. The summed E-state index contributed by atoms with van der Waals surface area (Å²) >= 11 is 0. The number of benzene rings is 1. The van der Waals surface area contributed by atoms with Gasteiger partial charge in [-0.15, -0.1) is 0 Å². The number of carbonyl (C=O) groups is 1. The summed E-state index contributed by atoms with van der Waals surface area (Å²) in [6.07, 6.45) is 1.07. The van der Waals surface area contributed by atoms with E-state index in [-0.39, 0.29) is 12.3 Å². The van der Waals surface area contributed by atoms with Gasteiger partial charge >= 0.3 is 0 Å². The Kier molecular flexibility index (Phi) is 4.59. The normalized spacial score (nSPS) is 15.3. The summed E-state index contributed by atoms with van der Waals surface area (Å²) in [5, 5.41) is 7.80. The highest BCUT2D eigenvalue weighted by molar-refractivity contribution is 6.05. The Balaban J connectivity index is 0.000000526. The summed E-state index contributed by atoms with van der Waals surface area (Å²) in [5.74, 6) is 0.962. The van der Waals surface area contributed by atoms with Gasteiger partial charge in [-0.25, -0.2) is 14.4 Å². The lowest BCUT2D eigenvalue weighted by Gasteiger charge is -2.17. The maximum Gasteiger partial charge on any atom is 0.290 e. The smallest absolute Gasteiger partial charge is 0.290 e. The van der Waals surface area contributed by atoms with E-state index >= 15 is 0 Å². The predicted octanol–water partition coefficient (Wildman–Crippen LogP) is 3.71. The van der Waals surface area contributed by atoms with Crippen LogP contribution in [-0.4, -0.2) is 34.6 Å². The zero-order valence-electron chi connectivity index (χ0n) is 13.3. The molecule has 3 heterocycles. The fourth-order valence-corrected chi connectivity index (χ4v) is 2.91. The maximum atomic E-state index is 13.8. The number of alkyl halides is 1. The monoisotopic (exact) mass is 331 g/mol. The molecular weight excluding hydrogens is 313 g/mol. The molecule has 24 heavy (non-hydrogen) atoms. The first-order valence-electron chi connectivity index (χ1n) is 7.81. The standard InChI is InChI=1S/C16H16FN3O.CH2O2/c1-10(17)15-18-13-11-6-2-3-7-12(11)21-14(13)16(19-15)20-8-4-5-9-20;2-1-3/h2-3,6-7,10H,4-5,8-9H2,1H3;1H,(H,2,3). The van der Waals surface area contributed by atoms with Gasteiger partial charge < -0.3 is 14.4 Å². The number of para-hydroxylation sites is 1. The predicted molar refractivity (Wildman–Crippen MR) is 89.0 cm³/mol. The summed E-state index contributed by atoms with van der Waals surface area (Å²) in [7, 11) is 0. The second-order valence-electron chi connectivity index (χ2n) is 5.60. The number of carboxylic acid groups (broad SMARTS) is 1. The molecule has 0 aliphatic carbocycles. The average molecular weight is 331 g/mol. The first kappa shape index (κ1) is 16.2. The molecule has 6 nitrogen and oxygen atoms in total. The summed E-state index contributed by atoms with van der Waals surface area (Å²) in [6.45, 7) is 3.09. The Morgan fingerprint density at radius 1 is 1.29 bits per heavy atom. The van der Waals surface area contributed by atoms with Gasteiger partial charge in [0, 0.05) is 18.5 Å². The number of rotatable bonds is 2. The number of halogens is 1. The van der Waals surface area contributed by atoms with E-state index in [2.05, 4.69) is 14.9 Å². The highest BCUT2D eigenvalue weighted by atomic mass is 19.1. The number of hydrogen-bond acceptors (Lipinski definition) is 5. The van der Waals surface area contributed by atoms with Crippen LogP contribution in [0.4, 0.5) is 10.2 Å². The quantitative estimate of drug-likeness (QED) is 0.721. The highest BCUT2D eigenvalue weighted by Crippen LogP contribution is 2.35. The van der Waals surface area contributed by atoms with E-state index in [0.29, 0.717) is 11.1 Å². The molecule has 2 aromatic heterocycles. The van der Waals surface area contributed by atoms with E-state index in [1.165, 1.54) is 6.92 Å². The Hall–Kier alpha value is -2.70. The second-order valence-corrected chi connectivity index (χ2v) is 5.60. The first-order chi connectivity index (χ1) is 11.7. The van der Waals surface area contributed by atoms with Crippen LogP contribution in [0.25, 0.3) is 22.1 Å². The van der Waals surface area contributed by atoms with Crippen LogP contribution in [0.5, 0.6) is 0 Å². The number of hydrogen-bond donors (Lipinski definition) is 1. The lowest BCUT2D eigenvalue weighted by molar-refractivity contribution is -0.122. The molecule has 7 heteroatoms. The number of anilines is 1. The van der Waals surface area contributed by atoms with Crippen LogP contribution in [0, 0.1) is 0 Å². The molecule has 1 N–H and O–H groups in total. The average Bonchev–Trinajstić information content (AvgIpc) is 3.22. The molecule has 0 bridgehead atoms. The number of fused-ring (bicyclic) bond motifs is 3. The van der Waals surface area contributed by atoms with E-state index in [1.54, 1.807) is 0 Å².